The molecule has 0 atom stereocenters. The molecule has 0 spiro atoms. The minimum Gasteiger partial charge on any atom is -0.350 e. The molecule has 3 aromatic rings. The van der Waals surface area contributed by atoms with Gasteiger partial charge in [0.05, 0.1) is 11.4 Å². The standard InChI is InChI=1S/C23H28N4O/c1-15(2)24-14-17-8-10-18(11-9-17)21-13-22(27-26-21)19-6-5-7-20(12-19)23(28)25-16(3)4/h5-13,15-16,24H,14H2,1-4H3,(H,25,28)(H,26,27). The number of aromatic nitrogens is 2. The van der Waals surface area contributed by atoms with Gasteiger partial charge < -0.3 is 10.6 Å². The summed E-state index contributed by atoms with van der Waals surface area (Å²) in [5.74, 6) is -0.0711. The van der Waals surface area contributed by atoms with Crippen molar-refractivity contribution in [2.75, 3.05) is 0 Å². The first-order valence-electron chi connectivity index (χ1n) is 9.72. The number of amides is 1. The van der Waals surface area contributed by atoms with E-state index in [9.17, 15) is 4.79 Å². The number of nitrogens with zero attached hydrogens (tertiary/aromatic N) is 1. The van der Waals surface area contributed by atoms with E-state index in [0.717, 1.165) is 29.1 Å². The minimum atomic E-state index is -0.0711. The van der Waals surface area contributed by atoms with Crippen molar-refractivity contribution in [1.29, 1.82) is 0 Å². The van der Waals surface area contributed by atoms with Crippen LogP contribution in [0.2, 0.25) is 0 Å². The summed E-state index contributed by atoms with van der Waals surface area (Å²) in [6.07, 6.45) is 0. The van der Waals surface area contributed by atoms with Gasteiger partial charge in [-0.15, -0.1) is 0 Å². The number of rotatable bonds is 7. The van der Waals surface area contributed by atoms with Crippen molar-refractivity contribution < 1.29 is 4.79 Å². The summed E-state index contributed by atoms with van der Waals surface area (Å²) in [6.45, 7) is 9.04. The van der Waals surface area contributed by atoms with Crippen LogP contribution >= 0.6 is 0 Å². The Labute approximate surface area is 166 Å². The molecule has 0 fully saturated rings. The first kappa shape index (κ1) is 19.8. The number of hydrogen-bond donors (Lipinski definition) is 3. The highest BCUT2D eigenvalue weighted by Crippen LogP contribution is 2.25. The lowest BCUT2D eigenvalue weighted by Crippen LogP contribution is -2.30. The average Bonchev–Trinajstić information content (AvgIpc) is 3.16. The first-order valence-corrected chi connectivity index (χ1v) is 9.72. The van der Waals surface area contributed by atoms with Gasteiger partial charge in [0.25, 0.3) is 5.91 Å². The van der Waals surface area contributed by atoms with Crippen LogP contribution in [-0.2, 0) is 6.54 Å². The van der Waals surface area contributed by atoms with Gasteiger partial charge >= 0.3 is 0 Å². The molecule has 0 saturated heterocycles. The maximum atomic E-state index is 12.2. The van der Waals surface area contributed by atoms with Crippen molar-refractivity contribution in [1.82, 2.24) is 20.8 Å². The SMILES string of the molecule is CC(C)NCc1ccc(-c2cc(-c3cccc(C(=O)NC(C)C)c3)n[nH]2)cc1. The topological polar surface area (TPSA) is 69.8 Å². The van der Waals surface area contributed by atoms with E-state index < -0.39 is 0 Å². The van der Waals surface area contributed by atoms with E-state index in [1.165, 1.54) is 5.56 Å². The number of H-pyrrole nitrogens is 1. The fourth-order valence-corrected chi connectivity index (χ4v) is 2.91. The van der Waals surface area contributed by atoms with Crippen LogP contribution < -0.4 is 10.6 Å². The molecule has 5 heteroatoms. The van der Waals surface area contributed by atoms with Crippen LogP contribution in [0.5, 0.6) is 0 Å². The van der Waals surface area contributed by atoms with Crippen molar-refractivity contribution in [2.45, 2.75) is 46.3 Å². The van der Waals surface area contributed by atoms with Gasteiger partial charge in [-0.05, 0) is 43.2 Å². The van der Waals surface area contributed by atoms with Gasteiger partial charge in [0, 0.05) is 29.8 Å². The van der Waals surface area contributed by atoms with E-state index in [2.05, 4.69) is 58.9 Å². The molecule has 1 heterocycles. The second-order valence-electron chi connectivity index (χ2n) is 7.61. The smallest absolute Gasteiger partial charge is 0.251 e. The van der Waals surface area contributed by atoms with Gasteiger partial charge in [0.15, 0.2) is 0 Å². The summed E-state index contributed by atoms with van der Waals surface area (Å²) in [4.78, 5) is 12.2. The van der Waals surface area contributed by atoms with E-state index in [-0.39, 0.29) is 11.9 Å². The molecule has 5 nitrogen and oxygen atoms in total. The third kappa shape index (κ3) is 5.08. The number of hydrogen-bond acceptors (Lipinski definition) is 3. The Morgan fingerprint density at radius 2 is 1.71 bits per heavy atom. The van der Waals surface area contributed by atoms with Crippen LogP contribution in [0.3, 0.4) is 0 Å². The third-order valence-corrected chi connectivity index (χ3v) is 4.40. The summed E-state index contributed by atoms with van der Waals surface area (Å²) in [6, 6.07) is 18.6. The molecule has 1 aromatic heterocycles. The molecule has 0 saturated carbocycles. The Hall–Kier alpha value is -2.92. The summed E-state index contributed by atoms with van der Waals surface area (Å²) >= 11 is 0. The normalized spacial score (nSPS) is 11.2. The number of aromatic amines is 1. The molecule has 0 aliphatic heterocycles. The largest absolute Gasteiger partial charge is 0.350 e. The molecular weight excluding hydrogens is 348 g/mol. The van der Waals surface area contributed by atoms with Crippen LogP contribution in [0.1, 0.15) is 43.6 Å². The molecule has 28 heavy (non-hydrogen) atoms. The first-order chi connectivity index (χ1) is 13.4. The van der Waals surface area contributed by atoms with E-state index in [1.54, 1.807) is 0 Å². The molecular formula is C23H28N4O. The van der Waals surface area contributed by atoms with Crippen LogP contribution in [-0.4, -0.2) is 28.2 Å². The molecule has 0 unspecified atom stereocenters. The van der Waals surface area contributed by atoms with E-state index in [0.29, 0.717) is 11.6 Å². The number of benzene rings is 2. The minimum absolute atomic E-state index is 0.0711. The highest BCUT2D eigenvalue weighted by Gasteiger charge is 2.11. The molecule has 2 aromatic carbocycles. The molecule has 1 amide bonds. The lowest BCUT2D eigenvalue weighted by Gasteiger charge is -2.08. The van der Waals surface area contributed by atoms with Crippen molar-refractivity contribution in [2.24, 2.45) is 0 Å². The third-order valence-electron chi connectivity index (χ3n) is 4.40. The van der Waals surface area contributed by atoms with Crippen molar-refractivity contribution in [3.63, 3.8) is 0 Å². The molecule has 3 rings (SSSR count). The van der Waals surface area contributed by atoms with Crippen LogP contribution in [0.25, 0.3) is 22.5 Å². The molecule has 0 radical (unpaired) electrons. The number of carbonyl (C=O) groups is 1. The molecule has 146 valence electrons. The van der Waals surface area contributed by atoms with Gasteiger partial charge in [-0.3, -0.25) is 9.89 Å². The fourth-order valence-electron chi connectivity index (χ4n) is 2.91. The Morgan fingerprint density at radius 1 is 0.964 bits per heavy atom. The Balaban J connectivity index is 1.76. The highest BCUT2D eigenvalue weighted by atomic mass is 16.1. The Morgan fingerprint density at radius 3 is 2.39 bits per heavy atom. The average molecular weight is 377 g/mol. The van der Waals surface area contributed by atoms with Crippen LogP contribution in [0.4, 0.5) is 0 Å². The maximum absolute atomic E-state index is 12.2. The van der Waals surface area contributed by atoms with Crippen LogP contribution in [0, 0.1) is 0 Å². The van der Waals surface area contributed by atoms with Crippen LogP contribution in [0.15, 0.2) is 54.6 Å². The predicted octanol–water partition coefficient (Wildman–Crippen LogP) is 4.38. The summed E-state index contributed by atoms with van der Waals surface area (Å²) in [7, 11) is 0. The summed E-state index contributed by atoms with van der Waals surface area (Å²) in [5, 5.41) is 13.9. The molecule has 0 aliphatic rings. The van der Waals surface area contributed by atoms with Crippen molar-refractivity contribution in [3.05, 3.63) is 65.7 Å². The van der Waals surface area contributed by atoms with Crippen molar-refractivity contribution in [3.8, 4) is 22.5 Å². The van der Waals surface area contributed by atoms with Gasteiger partial charge in [-0.2, -0.15) is 5.10 Å². The lowest BCUT2D eigenvalue weighted by atomic mass is 10.1. The predicted molar refractivity (Wildman–Crippen MR) is 114 cm³/mol. The lowest BCUT2D eigenvalue weighted by molar-refractivity contribution is 0.0943. The quantitative estimate of drug-likeness (QED) is 0.573. The van der Waals surface area contributed by atoms with Gasteiger partial charge in [-0.25, -0.2) is 0 Å². The number of nitrogens with one attached hydrogen (secondary N) is 3. The summed E-state index contributed by atoms with van der Waals surface area (Å²) in [5.41, 5.74) is 5.66. The Kier molecular flexibility index (Phi) is 6.26. The van der Waals surface area contributed by atoms with Gasteiger partial charge in [0.2, 0.25) is 0 Å². The fraction of sp³-hybridized carbons (Fsp3) is 0.304. The zero-order valence-electron chi connectivity index (χ0n) is 16.9. The second-order valence-corrected chi connectivity index (χ2v) is 7.61. The molecule has 0 aliphatic carbocycles. The Bertz CT molecular complexity index is 926. The van der Waals surface area contributed by atoms with E-state index >= 15 is 0 Å². The van der Waals surface area contributed by atoms with E-state index in [1.807, 2.05) is 44.2 Å². The van der Waals surface area contributed by atoms with Crippen molar-refractivity contribution >= 4 is 5.91 Å². The zero-order valence-corrected chi connectivity index (χ0v) is 16.9. The second kappa shape index (κ2) is 8.85. The molecule has 3 N–H and O–H groups in total. The maximum Gasteiger partial charge on any atom is 0.251 e. The zero-order chi connectivity index (χ0) is 20.1. The highest BCUT2D eigenvalue weighted by molar-refractivity contribution is 5.95. The van der Waals surface area contributed by atoms with Gasteiger partial charge in [0.1, 0.15) is 0 Å². The molecule has 0 bridgehead atoms. The monoisotopic (exact) mass is 376 g/mol. The number of carbonyl (C=O) groups excluding carboxylic acids is 1. The van der Waals surface area contributed by atoms with E-state index in [4.69, 9.17) is 0 Å². The van der Waals surface area contributed by atoms with Gasteiger partial charge in [-0.1, -0.05) is 50.2 Å². The summed E-state index contributed by atoms with van der Waals surface area (Å²) < 4.78 is 0.